The lowest BCUT2D eigenvalue weighted by Gasteiger charge is -2.38. The van der Waals surface area contributed by atoms with Crippen LogP contribution in [0.2, 0.25) is 0 Å². The molecule has 0 spiro atoms. The summed E-state index contributed by atoms with van der Waals surface area (Å²) in [6.07, 6.45) is 1.70. The van der Waals surface area contributed by atoms with Crippen molar-refractivity contribution in [3.8, 4) is 0 Å². The van der Waals surface area contributed by atoms with Gasteiger partial charge in [-0.15, -0.1) is 0 Å². The van der Waals surface area contributed by atoms with Crippen LogP contribution in [0.25, 0.3) is 0 Å². The summed E-state index contributed by atoms with van der Waals surface area (Å²) < 4.78 is 5.90. The molecule has 2 rings (SSSR count). The lowest BCUT2D eigenvalue weighted by molar-refractivity contribution is -0.0544. The van der Waals surface area contributed by atoms with Crippen molar-refractivity contribution in [2.45, 2.75) is 33.3 Å². The Bertz CT molecular complexity index is 258. The Morgan fingerprint density at radius 1 is 1.00 bits per heavy atom. The number of likely N-dealkylation sites (tertiary alicyclic amines) is 1. The van der Waals surface area contributed by atoms with Crippen molar-refractivity contribution in [1.29, 1.82) is 0 Å². The van der Waals surface area contributed by atoms with Crippen LogP contribution in [0.3, 0.4) is 0 Å². The van der Waals surface area contributed by atoms with Gasteiger partial charge in [-0.25, -0.2) is 0 Å². The molecule has 2 aliphatic heterocycles. The second-order valence-electron chi connectivity index (χ2n) is 6.73. The molecule has 0 bridgehead atoms. The molecular formula is C16H33N3O. The van der Waals surface area contributed by atoms with Gasteiger partial charge in [0.2, 0.25) is 0 Å². The fourth-order valence-corrected chi connectivity index (χ4v) is 3.14. The quantitative estimate of drug-likeness (QED) is 0.626. The highest BCUT2D eigenvalue weighted by atomic mass is 16.5. The van der Waals surface area contributed by atoms with Gasteiger partial charge >= 0.3 is 0 Å². The van der Waals surface area contributed by atoms with E-state index in [0.717, 1.165) is 25.6 Å². The van der Waals surface area contributed by atoms with Crippen molar-refractivity contribution in [3.63, 3.8) is 0 Å². The molecule has 0 aromatic rings. The molecule has 0 radical (unpaired) electrons. The molecule has 0 unspecified atom stereocenters. The Balaban J connectivity index is 1.45. The number of rotatable bonds is 8. The highest BCUT2D eigenvalue weighted by molar-refractivity contribution is 4.79. The number of piperazine rings is 1. The minimum atomic E-state index is 0.512. The van der Waals surface area contributed by atoms with Crippen molar-refractivity contribution < 1.29 is 4.74 Å². The highest BCUT2D eigenvalue weighted by Gasteiger charge is 2.25. The Kier molecular flexibility index (Phi) is 6.75. The van der Waals surface area contributed by atoms with E-state index in [-0.39, 0.29) is 0 Å². The summed E-state index contributed by atoms with van der Waals surface area (Å²) in [5, 5.41) is 0. The molecule has 0 aliphatic carbocycles. The van der Waals surface area contributed by atoms with Crippen molar-refractivity contribution in [1.82, 2.24) is 14.7 Å². The van der Waals surface area contributed by atoms with Gasteiger partial charge in [0.15, 0.2) is 0 Å². The van der Waals surface area contributed by atoms with Crippen LogP contribution >= 0.6 is 0 Å². The van der Waals surface area contributed by atoms with Crippen LogP contribution in [-0.4, -0.2) is 86.3 Å². The van der Waals surface area contributed by atoms with Crippen LogP contribution in [-0.2, 0) is 4.74 Å². The third kappa shape index (κ3) is 5.32. The molecular weight excluding hydrogens is 250 g/mol. The van der Waals surface area contributed by atoms with E-state index in [4.69, 9.17) is 4.74 Å². The molecule has 2 fully saturated rings. The first kappa shape index (κ1) is 16.2. The summed E-state index contributed by atoms with van der Waals surface area (Å²) in [5.74, 6) is 0.792. The van der Waals surface area contributed by atoms with E-state index >= 15 is 0 Å². The van der Waals surface area contributed by atoms with E-state index in [1.54, 1.807) is 0 Å². The molecule has 118 valence electrons. The first-order valence-corrected chi connectivity index (χ1v) is 8.46. The third-order valence-electron chi connectivity index (χ3n) is 4.43. The summed E-state index contributed by atoms with van der Waals surface area (Å²) in [4.78, 5) is 7.63. The largest absolute Gasteiger partial charge is 0.376 e. The third-order valence-corrected chi connectivity index (χ3v) is 4.43. The number of likely N-dealkylation sites (N-methyl/N-ethyl adjacent to an activating group) is 1. The summed E-state index contributed by atoms with van der Waals surface area (Å²) in [6, 6.07) is 0. The molecule has 0 saturated carbocycles. The molecule has 0 N–H and O–H groups in total. The van der Waals surface area contributed by atoms with E-state index in [1.165, 1.54) is 52.2 Å². The highest BCUT2D eigenvalue weighted by Crippen LogP contribution is 2.11. The maximum absolute atomic E-state index is 5.90. The Morgan fingerprint density at radius 2 is 1.65 bits per heavy atom. The van der Waals surface area contributed by atoms with Crippen molar-refractivity contribution in [2.75, 3.05) is 65.5 Å². The van der Waals surface area contributed by atoms with Gasteiger partial charge < -0.3 is 14.5 Å². The minimum Gasteiger partial charge on any atom is -0.376 e. The van der Waals surface area contributed by atoms with E-state index in [1.807, 2.05) is 0 Å². The van der Waals surface area contributed by atoms with Gasteiger partial charge in [0, 0.05) is 59.0 Å². The minimum absolute atomic E-state index is 0.512. The Hall–Kier alpha value is -0.160. The monoisotopic (exact) mass is 283 g/mol. The summed E-state index contributed by atoms with van der Waals surface area (Å²) in [6.45, 7) is 18.7. The van der Waals surface area contributed by atoms with Gasteiger partial charge in [-0.3, -0.25) is 4.90 Å². The molecule has 0 amide bonds. The second-order valence-corrected chi connectivity index (χ2v) is 6.73. The van der Waals surface area contributed by atoms with Gasteiger partial charge in [0.1, 0.15) is 0 Å². The molecule has 4 heteroatoms. The fraction of sp³-hybridized carbons (Fsp3) is 1.00. The predicted octanol–water partition coefficient (Wildman–Crippen LogP) is 1.37. The zero-order chi connectivity index (χ0) is 14.4. The lowest BCUT2D eigenvalue weighted by atomic mass is 10.2. The Labute approximate surface area is 125 Å². The maximum Gasteiger partial charge on any atom is 0.0828 e. The van der Waals surface area contributed by atoms with E-state index in [2.05, 4.69) is 35.5 Å². The van der Waals surface area contributed by atoms with E-state index in [9.17, 15) is 0 Å². The fourth-order valence-electron chi connectivity index (χ4n) is 3.14. The summed E-state index contributed by atoms with van der Waals surface area (Å²) in [5.41, 5.74) is 0. The molecule has 2 heterocycles. The SMILES string of the molecule is CCN1CC(OCCCN2CCN(CC(C)C)CC2)C1. The average molecular weight is 283 g/mol. The summed E-state index contributed by atoms with van der Waals surface area (Å²) in [7, 11) is 0. The van der Waals surface area contributed by atoms with Gasteiger partial charge in [-0.1, -0.05) is 20.8 Å². The van der Waals surface area contributed by atoms with Crippen molar-refractivity contribution in [3.05, 3.63) is 0 Å². The molecule has 2 aliphatic rings. The molecule has 0 aromatic carbocycles. The smallest absolute Gasteiger partial charge is 0.0828 e. The number of hydrogen-bond donors (Lipinski definition) is 0. The van der Waals surface area contributed by atoms with Crippen LogP contribution in [0.15, 0.2) is 0 Å². The van der Waals surface area contributed by atoms with Crippen LogP contribution in [0.1, 0.15) is 27.2 Å². The molecule has 0 aromatic heterocycles. The molecule has 4 nitrogen and oxygen atoms in total. The van der Waals surface area contributed by atoms with Crippen LogP contribution in [0.5, 0.6) is 0 Å². The van der Waals surface area contributed by atoms with E-state index < -0.39 is 0 Å². The number of hydrogen-bond acceptors (Lipinski definition) is 4. The maximum atomic E-state index is 5.90. The van der Waals surface area contributed by atoms with Crippen molar-refractivity contribution in [2.24, 2.45) is 5.92 Å². The average Bonchev–Trinajstić information content (AvgIpc) is 2.37. The molecule has 2 saturated heterocycles. The topological polar surface area (TPSA) is 19.0 Å². The van der Waals surface area contributed by atoms with E-state index in [0.29, 0.717) is 6.10 Å². The summed E-state index contributed by atoms with van der Waals surface area (Å²) >= 11 is 0. The van der Waals surface area contributed by atoms with Crippen LogP contribution < -0.4 is 0 Å². The van der Waals surface area contributed by atoms with Gasteiger partial charge in [0.25, 0.3) is 0 Å². The van der Waals surface area contributed by atoms with Crippen LogP contribution in [0, 0.1) is 5.92 Å². The van der Waals surface area contributed by atoms with Crippen LogP contribution in [0.4, 0.5) is 0 Å². The standard InChI is InChI=1S/C16H33N3O/c1-4-17-13-16(14-17)20-11-5-6-18-7-9-19(10-8-18)12-15(2)3/h15-16H,4-14H2,1-3H3. The zero-order valence-electron chi connectivity index (χ0n) is 13.7. The van der Waals surface area contributed by atoms with Gasteiger partial charge in [-0.2, -0.15) is 0 Å². The van der Waals surface area contributed by atoms with Gasteiger partial charge in [-0.05, 0) is 18.9 Å². The molecule has 20 heavy (non-hydrogen) atoms. The predicted molar refractivity (Wildman–Crippen MR) is 84.2 cm³/mol. The van der Waals surface area contributed by atoms with Crippen molar-refractivity contribution >= 4 is 0 Å². The first-order valence-electron chi connectivity index (χ1n) is 8.46. The number of nitrogens with zero attached hydrogens (tertiary/aromatic N) is 3. The zero-order valence-corrected chi connectivity index (χ0v) is 13.7. The lowest BCUT2D eigenvalue weighted by Crippen LogP contribution is -2.52. The molecule has 0 atom stereocenters. The van der Waals surface area contributed by atoms with Gasteiger partial charge in [0.05, 0.1) is 6.10 Å². The first-order chi connectivity index (χ1) is 9.67. The second kappa shape index (κ2) is 8.32. The Morgan fingerprint density at radius 3 is 2.25 bits per heavy atom. The number of ether oxygens (including phenoxy) is 1. The normalized spacial score (nSPS) is 23.4.